The molecule has 1 N–H and O–H groups in total. The third-order valence-corrected chi connectivity index (χ3v) is 10.9. The smallest absolute Gasteiger partial charge is 0.379 e. The van der Waals surface area contributed by atoms with Crippen molar-refractivity contribution >= 4 is 29.1 Å². The van der Waals surface area contributed by atoms with Crippen molar-refractivity contribution in [2.75, 3.05) is 47.0 Å². The molecule has 47 heavy (non-hydrogen) atoms. The Morgan fingerprint density at radius 2 is 2.02 bits per heavy atom. The number of carbonyl (C=O) groups excluding carboxylic acids is 2. The highest BCUT2D eigenvalue weighted by molar-refractivity contribution is 7.80. The van der Waals surface area contributed by atoms with E-state index in [-0.39, 0.29) is 49.0 Å². The van der Waals surface area contributed by atoms with Gasteiger partial charge < -0.3 is 29.5 Å². The number of aromatic nitrogens is 1. The Balaban J connectivity index is 1.28. The number of nitrogens with one attached hydrogen (secondary N) is 1. The quantitative estimate of drug-likeness (QED) is 0.444. The Morgan fingerprint density at radius 3 is 2.74 bits per heavy atom. The summed E-state index contributed by atoms with van der Waals surface area (Å²) in [6.07, 6.45) is -0.719. The first kappa shape index (κ1) is 33.6. The number of rotatable bonds is 7. The van der Waals surface area contributed by atoms with Gasteiger partial charge in [-0.25, -0.2) is 0 Å². The second kappa shape index (κ2) is 13.7. The fourth-order valence-corrected chi connectivity index (χ4v) is 8.44. The number of amides is 2. The van der Waals surface area contributed by atoms with Crippen molar-refractivity contribution in [1.82, 2.24) is 25.0 Å². The predicted molar refractivity (Wildman–Crippen MR) is 172 cm³/mol. The van der Waals surface area contributed by atoms with Gasteiger partial charge in [-0.15, -0.1) is 0 Å². The van der Waals surface area contributed by atoms with E-state index in [4.69, 9.17) is 21.7 Å². The molecule has 2 saturated heterocycles. The van der Waals surface area contributed by atoms with Crippen molar-refractivity contribution in [2.24, 2.45) is 11.3 Å². The Bertz CT molecular complexity index is 1480. The van der Waals surface area contributed by atoms with Crippen LogP contribution in [0.5, 0.6) is 0 Å². The summed E-state index contributed by atoms with van der Waals surface area (Å²) in [6.45, 7) is 2.13. The van der Waals surface area contributed by atoms with Crippen LogP contribution in [0, 0.1) is 11.3 Å². The van der Waals surface area contributed by atoms with Gasteiger partial charge in [0.05, 0.1) is 23.6 Å². The number of hydrogen-bond acceptors (Lipinski definition) is 6. The Hall–Kier alpha value is -3.29. The van der Waals surface area contributed by atoms with Crippen molar-refractivity contribution in [3.8, 4) is 0 Å². The van der Waals surface area contributed by atoms with E-state index in [9.17, 15) is 22.8 Å². The summed E-state index contributed by atoms with van der Waals surface area (Å²) < 4.78 is 52.2. The number of hydrogen-bond donors (Lipinski definition) is 1. The average Bonchev–Trinajstić information content (AvgIpc) is 3.62. The first-order valence-electron chi connectivity index (χ1n) is 16.3. The molecule has 254 valence electrons. The molecule has 3 fully saturated rings. The average molecular weight is 674 g/mol. The lowest BCUT2D eigenvalue weighted by Gasteiger charge is -2.44. The summed E-state index contributed by atoms with van der Waals surface area (Å²) in [5.41, 5.74) is 0.359. The molecule has 0 radical (unpaired) electrons. The fourth-order valence-electron chi connectivity index (χ4n) is 8.15. The van der Waals surface area contributed by atoms with Gasteiger partial charge in [0, 0.05) is 77.7 Å². The first-order chi connectivity index (χ1) is 22.5. The van der Waals surface area contributed by atoms with E-state index in [1.807, 2.05) is 35.2 Å². The molecular weight excluding hydrogens is 631 g/mol. The number of ether oxygens (including phenoxy) is 2. The van der Waals surface area contributed by atoms with E-state index < -0.39 is 17.2 Å². The molecule has 9 nitrogen and oxygen atoms in total. The Kier molecular flexibility index (Phi) is 9.78. The van der Waals surface area contributed by atoms with E-state index in [0.29, 0.717) is 81.2 Å². The zero-order valence-corrected chi connectivity index (χ0v) is 27.6. The summed E-state index contributed by atoms with van der Waals surface area (Å²) >= 11 is 5.85. The van der Waals surface area contributed by atoms with Gasteiger partial charge in [0.25, 0.3) is 0 Å². The van der Waals surface area contributed by atoms with Crippen LogP contribution in [0.1, 0.15) is 48.1 Å². The predicted octanol–water partition coefficient (Wildman–Crippen LogP) is 3.84. The molecule has 2 aromatic rings. The van der Waals surface area contributed by atoms with Crippen LogP contribution in [0.4, 0.5) is 13.2 Å². The van der Waals surface area contributed by atoms with Crippen molar-refractivity contribution in [3.63, 3.8) is 0 Å². The van der Waals surface area contributed by atoms with Crippen LogP contribution in [0.15, 0.2) is 42.6 Å². The lowest BCUT2D eigenvalue weighted by Crippen LogP contribution is -2.58. The second-order valence-corrected chi connectivity index (χ2v) is 13.6. The molecular formula is C34H42F3N5O4S. The summed E-state index contributed by atoms with van der Waals surface area (Å²) in [7, 11) is 3.45. The molecule has 2 unspecified atom stereocenters. The van der Waals surface area contributed by atoms with Gasteiger partial charge in [-0.05, 0) is 61.0 Å². The molecule has 6 rings (SSSR count). The summed E-state index contributed by atoms with van der Waals surface area (Å²) in [5.74, 6) is -0.247. The van der Waals surface area contributed by atoms with Crippen LogP contribution in [0.3, 0.4) is 0 Å². The lowest BCUT2D eigenvalue weighted by molar-refractivity contribution is -0.144. The van der Waals surface area contributed by atoms with Crippen molar-refractivity contribution in [1.29, 1.82) is 0 Å². The zero-order valence-electron chi connectivity index (χ0n) is 26.8. The van der Waals surface area contributed by atoms with Crippen LogP contribution < -0.4 is 5.32 Å². The van der Waals surface area contributed by atoms with Gasteiger partial charge in [0.2, 0.25) is 11.8 Å². The highest BCUT2D eigenvalue weighted by Gasteiger charge is 2.61. The third-order valence-electron chi connectivity index (χ3n) is 10.5. The third kappa shape index (κ3) is 6.71. The molecule has 1 aromatic heterocycles. The number of methoxy groups -OCH3 is 1. The summed E-state index contributed by atoms with van der Waals surface area (Å²) in [6, 6.07) is 10.8. The number of likely N-dealkylation sites (tertiary alicyclic amines) is 1. The van der Waals surface area contributed by atoms with E-state index in [1.54, 1.807) is 19.1 Å². The number of pyridine rings is 1. The molecule has 0 spiro atoms. The van der Waals surface area contributed by atoms with Gasteiger partial charge in [0.1, 0.15) is 6.10 Å². The monoisotopic (exact) mass is 673 g/mol. The maximum Gasteiger partial charge on any atom is 0.417 e. The van der Waals surface area contributed by atoms with Crippen LogP contribution in [0.2, 0.25) is 0 Å². The number of fused-ring (bicyclic) bond motifs is 2. The van der Waals surface area contributed by atoms with Crippen LogP contribution in [-0.2, 0) is 44.6 Å². The molecule has 4 aliphatic rings. The minimum absolute atomic E-state index is 0.00136. The van der Waals surface area contributed by atoms with Crippen LogP contribution in [0.25, 0.3) is 0 Å². The molecule has 0 bridgehead atoms. The number of alkyl halides is 3. The zero-order chi connectivity index (χ0) is 33.3. The fraction of sp³-hybridized carbons (Fsp3) is 0.588. The second-order valence-electron chi connectivity index (χ2n) is 13.2. The van der Waals surface area contributed by atoms with E-state index >= 15 is 0 Å². The number of thiocarbonyl (C=S) groups is 1. The molecule has 1 saturated carbocycles. The Morgan fingerprint density at radius 1 is 1.23 bits per heavy atom. The number of benzene rings is 1. The van der Waals surface area contributed by atoms with Crippen molar-refractivity contribution in [2.45, 2.75) is 69.4 Å². The molecule has 3 aliphatic heterocycles. The Labute approximate surface area is 278 Å². The standard InChI is InChI=1S/C34H42F3N5O4S/c1-38-32(47)42(28-11-13-46-20-29(28)45-2)26-15-25-19-41(30(43)9-8-22-6-4-3-5-7-22)21-33(25,16-26)31(44)40-12-10-27-23(18-40)14-24(17-39-27)34(35,36)37/h3-7,14,17,25-26,28-29H,8-13,15-16,18-21H2,1-2H3,(H,38,47)/t25-,26+,28?,29?,33-/m0/s1. The van der Waals surface area contributed by atoms with Gasteiger partial charge in [-0.3, -0.25) is 14.6 Å². The molecule has 13 heteroatoms. The molecule has 1 aliphatic carbocycles. The molecule has 2 amide bonds. The van der Waals surface area contributed by atoms with Crippen LogP contribution >= 0.6 is 12.2 Å². The van der Waals surface area contributed by atoms with Crippen molar-refractivity contribution < 1.29 is 32.2 Å². The normalized spacial score (nSPS) is 27.3. The highest BCUT2D eigenvalue weighted by Crippen LogP contribution is 2.52. The maximum atomic E-state index is 14.8. The van der Waals surface area contributed by atoms with Crippen molar-refractivity contribution in [3.05, 3.63) is 65.0 Å². The lowest BCUT2D eigenvalue weighted by atomic mass is 9.78. The van der Waals surface area contributed by atoms with E-state index in [2.05, 4.69) is 15.2 Å². The molecule has 4 heterocycles. The number of halogens is 3. The number of carbonyl (C=O) groups is 2. The minimum Gasteiger partial charge on any atom is -0.379 e. The largest absolute Gasteiger partial charge is 0.417 e. The minimum atomic E-state index is -4.53. The molecule has 5 atom stereocenters. The van der Waals surface area contributed by atoms with E-state index in [1.165, 1.54) is 0 Å². The van der Waals surface area contributed by atoms with Gasteiger partial charge in [0.15, 0.2) is 5.11 Å². The van der Waals surface area contributed by atoms with E-state index in [0.717, 1.165) is 17.8 Å². The summed E-state index contributed by atoms with van der Waals surface area (Å²) in [4.78, 5) is 38.2. The first-order valence-corrected chi connectivity index (χ1v) is 16.7. The van der Waals surface area contributed by atoms with Crippen LogP contribution in [-0.4, -0.2) is 102 Å². The molecule has 1 aromatic carbocycles. The van der Waals surface area contributed by atoms with Gasteiger partial charge in [-0.2, -0.15) is 13.2 Å². The SMILES string of the molecule is CNC(=S)N(C1CCOCC1OC)[C@@H]1C[C@H]2CN(C(=O)CCc3ccccc3)C[C@@]2(C(=O)N2CCc3ncc(C(F)(F)F)cc3C2)C1. The topological polar surface area (TPSA) is 87.2 Å². The number of nitrogens with zero attached hydrogens (tertiary/aromatic N) is 4. The number of aryl methyl sites for hydroxylation is 1. The van der Waals surface area contributed by atoms with Gasteiger partial charge in [-0.1, -0.05) is 30.3 Å². The highest BCUT2D eigenvalue weighted by atomic mass is 32.1. The van der Waals surface area contributed by atoms with Gasteiger partial charge >= 0.3 is 6.18 Å². The maximum absolute atomic E-state index is 14.8. The summed E-state index contributed by atoms with van der Waals surface area (Å²) in [5, 5.41) is 3.71.